The van der Waals surface area contributed by atoms with Crippen LogP contribution in [0.4, 0.5) is 11.8 Å². The summed E-state index contributed by atoms with van der Waals surface area (Å²) in [6, 6.07) is 19.5. The minimum atomic E-state index is -1.13. The number of hydrogen-bond acceptors (Lipinski definition) is 9. The molecule has 4 aromatic rings. The Bertz CT molecular complexity index is 1670. The van der Waals surface area contributed by atoms with E-state index in [0.717, 1.165) is 19.3 Å². The summed E-state index contributed by atoms with van der Waals surface area (Å²) in [7, 11) is 0. The van der Waals surface area contributed by atoms with Crippen LogP contribution < -0.4 is 20.9 Å². The monoisotopic (exact) mass is 638 g/mol. The summed E-state index contributed by atoms with van der Waals surface area (Å²) in [5, 5.41) is 31.6. The lowest BCUT2D eigenvalue weighted by atomic mass is 9.91. The van der Waals surface area contributed by atoms with E-state index in [9.17, 15) is 19.8 Å². The van der Waals surface area contributed by atoms with Crippen molar-refractivity contribution in [2.24, 2.45) is 5.92 Å². The van der Waals surface area contributed by atoms with E-state index in [1.165, 1.54) is 11.1 Å². The first-order valence-corrected chi connectivity index (χ1v) is 16.7. The van der Waals surface area contributed by atoms with Crippen molar-refractivity contribution >= 4 is 34.7 Å². The number of aliphatic hydroxyl groups excluding tert-OH is 2. The Kier molecular flexibility index (Phi) is 8.78. The molecule has 3 fully saturated rings. The number of nitrogens with one attached hydrogen (secondary N) is 3. The number of nitrogens with zero attached hydrogens (tertiary/aromatic N) is 5. The van der Waals surface area contributed by atoms with Crippen molar-refractivity contribution in [1.82, 2.24) is 30.2 Å². The molecule has 2 amide bonds. The maximum Gasteiger partial charge on any atom is 0.229 e. The number of carbonyl (C=O) groups excluding carboxylic acids is 2. The van der Waals surface area contributed by atoms with Crippen molar-refractivity contribution in [2.45, 2.75) is 75.3 Å². The van der Waals surface area contributed by atoms with Crippen LogP contribution in [0.25, 0.3) is 11.2 Å². The van der Waals surface area contributed by atoms with Gasteiger partial charge in [0.1, 0.15) is 12.2 Å². The van der Waals surface area contributed by atoms with Gasteiger partial charge in [0.2, 0.25) is 17.8 Å². The quantitative estimate of drug-likeness (QED) is 0.167. The molecule has 7 rings (SSSR count). The molecular weight excluding hydrogens is 596 g/mol. The Morgan fingerprint density at radius 1 is 0.936 bits per heavy atom. The smallest absolute Gasteiger partial charge is 0.229 e. The minimum absolute atomic E-state index is 0.0130. The van der Waals surface area contributed by atoms with E-state index >= 15 is 0 Å². The van der Waals surface area contributed by atoms with Crippen LogP contribution in [0.3, 0.4) is 0 Å². The molecule has 2 aromatic carbocycles. The average Bonchev–Trinajstić information content (AvgIpc) is 3.62. The molecule has 0 unspecified atom stereocenters. The van der Waals surface area contributed by atoms with E-state index in [4.69, 9.17) is 15.0 Å². The minimum Gasteiger partial charge on any atom is -0.388 e. The van der Waals surface area contributed by atoms with E-state index in [1.807, 2.05) is 36.4 Å². The lowest BCUT2D eigenvalue weighted by Gasteiger charge is -2.22. The number of amides is 2. The van der Waals surface area contributed by atoms with Crippen LogP contribution in [-0.4, -0.2) is 85.5 Å². The molecule has 12 nitrogen and oxygen atoms in total. The van der Waals surface area contributed by atoms with Crippen molar-refractivity contribution in [3.05, 3.63) is 78.1 Å². The molecule has 246 valence electrons. The van der Waals surface area contributed by atoms with E-state index in [-0.39, 0.29) is 36.1 Å². The Morgan fingerprint density at radius 2 is 1.64 bits per heavy atom. The van der Waals surface area contributed by atoms with Crippen LogP contribution >= 0.6 is 0 Å². The molecule has 0 radical (unpaired) electrons. The van der Waals surface area contributed by atoms with Crippen LogP contribution in [-0.2, 0) is 9.59 Å². The van der Waals surface area contributed by atoms with Gasteiger partial charge in [0.25, 0.3) is 0 Å². The third-order valence-electron chi connectivity index (χ3n) is 9.73. The second-order valence-electron chi connectivity index (χ2n) is 13.0. The standard InChI is InChI=1S/C35H42N8O4/c1-2-28(44)39-26-17-27(31(46)30(26)45)43-20-37-29-32(36-18-25(21-9-5-3-6-10-21)22-11-7-4-8-12-22)40-35(41-33(29)43)42-16-15-24(19-42)38-34(47)23-13-14-23/h3-12,20,23-27,30-31,45-46H,2,13-19H2,1H3,(H,38,47)(H,39,44)(H,36,40,41)/t24-,26+,27-,30-,31+/m1/s1. The molecular formula is C35H42N8O4. The SMILES string of the molecule is CCC(=O)N[C@H]1C[C@@H](n2cnc3c(NCC(c4ccccc4)c4ccccc4)nc(N4CC[C@@H](NC(=O)C5CC5)C4)nc32)[C@H](O)[C@@H]1O. The van der Waals surface area contributed by atoms with Crippen LogP contribution in [0.2, 0.25) is 0 Å². The highest BCUT2D eigenvalue weighted by Gasteiger charge is 2.44. The van der Waals surface area contributed by atoms with E-state index in [1.54, 1.807) is 17.8 Å². The summed E-state index contributed by atoms with van der Waals surface area (Å²) in [5.41, 5.74) is 3.41. The molecule has 5 N–H and O–H groups in total. The van der Waals surface area contributed by atoms with Gasteiger partial charge < -0.3 is 35.6 Å². The Balaban J connectivity index is 1.22. The first-order valence-electron chi connectivity index (χ1n) is 16.7. The number of aromatic nitrogens is 4. The highest BCUT2D eigenvalue weighted by Crippen LogP contribution is 2.36. The van der Waals surface area contributed by atoms with Crippen molar-refractivity contribution in [3.63, 3.8) is 0 Å². The largest absolute Gasteiger partial charge is 0.388 e. The number of anilines is 2. The fraction of sp³-hybridized carbons (Fsp3) is 0.457. The number of imidazole rings is 1. The topological polar surface area (TPSA) is 158 Å². The zero-order valence-corrected chi connectivity index (χ0v) is 26.5. The zero-order valence-electron chi connectivity index (χ0n) is 26.5. The van der Waals surface area contributed by atoms with Crippen molar-refractivity contribution in [1.29, 1.82) is 0 Å². The van der Waals surface area contributed by atoms with Crippen LogP contribution in [0.5, 0.6) is 0 Å². The van der Waals surface area contributed by atoms with Gasteiger partial charge in [-0.1, -0.05) is 67.6 Å². The average molecular weight is 639 g/mol. The summed E-state index contributed by atoms with van der Waals surface area (Å²) in [4.78, 5) is 41.4. The molecule has 47 heavy (non-hydrogen) atoms. The molecule has 12 heteroatoms. The molecule has 5 atom stereocenters. The Labute approximate surface area is 273 Å². The van der Waals surface area contributed by atoms with Gasteiger partial charge in [-0.25, -0.2) is 4.98 Å². The molecule has 3 heterocycles. The Morgan fingerprint density at radius 3 is 2.30 bits per heavy atom. The molecule has 3 aliphatic rings. The van der Waals surface area contributed by atoms with Gasteiger partial charge in [0.05, 0.1) is 18.4 Å². The highest BCUT2D eigenvalue weighted by molar-refractivity contribution is 5.85. The van der Waals surface area contributed by atoms with Crippen molar-refractivity contribution in [3.8, 4) is 0 Å². The first-order chi connectivity index (χ1) is 22.9. The van der Waals surface area contributed by atoms with Crippen LogP contribution in [0.15, 0.2) is 67.0 Å². The van der Waals surface area contributed by atoms with Crippen LogP contribution in [0, 0.1) is 5.92 Å². The fourth-order valence-electron chi connectivity index (χ4n) is 6.87. The summed E-state index contributed by atoms with van der Waals surface area (Å²) in [6.07, 6.45) is 2.69. The van der Waals surface area contributed by atoms with Crippen molar-refractivity contribution < 1.29 is 19.8 Å². The van der Waals surface area contributed by atoms with Crippen molar-refractivity contribution in [2.75, 3.05) is 29.9 Å². The van der Waals surface area contributed by atoms with Gasteiger partial charge in [-0.15, -0.1) is 0 Å². The van der Waals surface area contributed by atoms with Gasteiger partial charge >= 0.3 is 0 Å². The summed E-state index contributed by atoms with van der Waals surface area (Å²) < 4.78 is 1.80. The number of hydrogen-bond donors (Lipinski definition) is 5. The summed E-state index contributed by atoms with van der Waals surface area (Å²) in [5.74, 6) is 1.19. The van der Waals surface area contributed by atoms with Gasteiger partial charge in [0.15, 0.2) is 17.0 Å². The van der Waals surface area contributed by atoms with Gasteiger partial charge in [-0.3, -0.25) is 9.59 Å². The lowest BCUT2D eigenvalue weighted by Crippen LogP contribution is -2.42. The van der Waals surface area contributed by atoms with E-state index in [0.29, 0.717) is 49.0 Å². The van der Waals surface area contributed by atoms with Gasteiger partial charge in [0, 0.05) is 43.9 Å². The molecule has 0 bridgehead atoms. The predicted octanol–water partition coefficient (Wildman–Crippen LogP) is 2.74. The summed E-state index contributed by atoms with van der Waals surface area (Å²) >= 11 is 0. The molecule has 2 saturated carbocycles. The molecule has 1 aliphatic heterocycles. The fourth-order valence-corrected chi connectivity index (χ4v) is 6.87. The van der Waals surface area contributed by atoms with Crippen LogP contribution in [0.1, 0.15) is 62.1 Å². The molecule has 0 spiro atoms. The Hall–Kier alpha value is -4.55. The lowest BCUT2D eigenvalue weighted by molar-refractivity contribution is -0.123. The molecule has 2 aromatic heterocycles. The highest BCUT2D eigenvalue weighted by atomic mass is 16.3. The number of aliphatic hydroxyl groups is 2. The molecule has 1 saturated heterocycles. The third-order valence-corrected chi connectivity index (χ3v) is 9.73. The normalized spacial score (nSPS) is 24.2. The zero-order chi connectivity index (χ0) is 32.5. The van der Waals surface area contributed by atoms with Gasteiger partial charge in [-0.05, 0) is 36.8 Å². The number of carbonyl (C=O) groups is 2. The number of benzene rings is 2. The number of rotatable bonds is 11. The van der Waals surface area contributed by atoms with Gasteiger partial charge in [-0.2, -0.15) is 9.97 Å². The second kappa shape index (κ2) is 13.3. The summed E-state index contributed by atoms with van der Waals surface area (Å²) in [6.45, 7) is 3.56. The predicted molar refractivity (Wildman–Crippen MR) is 178 cm³/mol. The first kappa shape index (κ1) is 31.1. The molecule has 2 aliphatic carbocycles. The van der Waals surface area contributed by atoms with E-state index < -0.39 is 24.3 Å². The second-order valence-corrected chi connectivity index (χ2v) is 13.0. The third kappa shape index (κ3) is 6.52. The maximum atomic E-state index is 12.5. The number of fused-ring (bicyclic) bond motifs is 1. The van der Waals surface area contributed by atoms with E-state index in [2.05, 4.69) is 45.1 Å². The maximum absolute atomic E-state index is 12.5.